The molecule has 3 rings (SSSR count). The fourth-order valence-electron chi connectivity index (χ4n) is 2.16. The quantitative estimate of drug-likeness (QED) is 0.791. The number of nitrogens with two attached hydrogens (primary N) is 1. The highest BCUT2D eigenvalue weighted by molar-refractivity contribution is 9.10. The average molecular weight is 328 g/mol. The van der Waals surface area contributed by atoms with Crippen LogP contribution in [0.5, 0.6) is 0 Å². The molecule has 2 aromatic carbocycles. The van der Waals surface area contributed by atoms with Gasteiger partial charge in [0.1, 0.15) is 5.69 Å². The molecule has 20 heavy (non-hydrogen) atoms. The van der Waals surface area contributed by atoms with E-state index in [9.17, 15) is 0 Å². The lowest BCUT2D eigenvalue weighted by molar-refractivity contribution is 0.689. The zero-order valence-electron chi connectivity index (χ0n) is 10.8. The third kappa shape index (κ3) is 2.75. The number of nitrogens with zero attached hydrogens (tertiary/aromatic N) is 2. The minimum Gasteiger partial charge on any atom is -0.396 e. The van der Waals surface area contributed by atoms with Crippen LogP contribution in [0.15, 0.2) is 65.3 Å². The second kappa shape index (κ2) is 5.51. The van der Waals surface area contributed by atoms with E-state index in [0.29, 0.717) is 12.2 Å². The van der Waals surface area contributed by atoms with Crippen molar-refractivity contribution in [1.29, 1.82) is 0 Å². The maximum atomic E-state index is 6.06. The highest BCUT2D eigenvalue weighted by Gasteiger charge is 2.08. The normalized spacial score (nSPS) is 10.7. The summed E-state index contributed by atoms with van der Waals surface area (Å²) in [6.45, 7) is 0.705. The van der Waals surface area contributed by atoms with Crippen LogP contribution in [-0.2, 0) is 6.54 Å². The molecule has 3 nitrogen and oxygen atoms in total. The molecule has 1 heterocycles. The molecule has 3 aromatic rings. The predicted molar refractivity (Wildman–Crippen MR) is 85.3 cm³/mol. The van der Waals surface area contributed by atoms with Crippen LogP contribution in [-0.4, -0.2) is 9.78 Å². The second-order valence-electron chi connectivity index (χ2n) is 4.63. The number of hydrogen-bond donors (Lipinski definition) is 1. The first-order chi connectivity index (χ1) is 9.72. The summed E-state index contributed by atoms with van der Waals surface area (Å²) in [5.74, 6) is 0. The van der Waals surface area contributed by atoms with Gasteiger partial charge in [-0.3, -0.25) is 4.68 Å². The Bertz CT molecular complexity index is 720. The average Bonchev–Trinajstić information content (AvgIpc) is 2.80. The summed E-state index contributed by atoms with van der Waals surface area (Å²) in [6, 6.07) is 18.2. The lowest BCUT2D eigenvalue weighted by atomic mass is 10.1. The number of anilines is 1. The van der Waals surface area contributed by atoms with Gasteiger partial charge in [-0.1, -0.05) is 58.4 Å². The second-order valence-corrected chi connectivity index (χ2v) is 5.54. The summed E-state index contributed by atoms with van der Waals surface area (Å²) in [5.41, 5.74) is 9.82. The lowest BCUT2D eigenvalue weighted by Crippen LogP contribution is -2.00. The van der Waals surface area contributed by atoms with Gasteiger partial charge in [0.2, 0.25) is 0 Å². The van der Waals surface area contributed by atoms with Crippen LogP contribution in [0.1, 0.15) is 5.56 Å². The van der Waals surface area contributed by atoms with E-state index >= 15 is 0 Å². The van der Waals surface area contributed by atoms with Crippen LogP contribution in [0.3, 0.4) is 0 Å². The van der Waals surface area contributed by atoms with Crippen molar-refractivity contribution in [2.45, 2.75) is 6.54 Å². The minimum absolute atomic E-state index is 0.700. The summed E-state index contributed by atoms with van der Waals surface area (Å²) in [7, 11) is 0. The Labute approximate surface area is 126 Å². The number of nitrogen functional groups attached to an aromatic ring is 1. The summed E-state index contributed by atoms with van der Waals surface area (Å²) in [5, 5.41) is 4.58. The van der Waals surface area contributed by atoms with Crippen LogP contribution in [0.2, 0.25) is 0 Å². The molecule has 2 N–H and O–H groups in total. The number of hydrogen-bond acceptors (Lipinski definition) is 2. The molecule has 0 aliphatic carbocycles. The van der Waals surface area contributed by atoms with E-state index in [-0.39, 0.29) is 0 Å². The van der Waals surface area contributed by atoms with Crippen LogP contribution < -0.4 is 5.73 Å². The lowest BCUT2D eigenvalue weighted by Gasteiger charge is -2.02. The summed E-state index contributed by atoms with van der Waals surface area (Å²) >= 11 is 3.48. The van der Waals surface area contributed by atoms with Gasteiger partial charge in [-0.25, -0.2) is 0 Å². The fraction of sp³-hybridized carbons (Fsp3) is 0.0625. The highest BCUT2D eigenvalue weighted by Crippen LogP contribution is 2.24. The standard InChI is InChI=1S/C16H14BrN3/c17-14-8-4-5-12(9-14)10-20-11-15(18)16(19-20)13-6-2-1-3-7-13/h1-9,11H,10,18H2. The van der Waals surface area contributed by atoms with Gasteiger partial charge in [0.05, 0.1) is 12.2 Å². The molecule has 0 radical (unpaired) electrons. The molecule has 4 heteroatoms. The topological polar surface area (TPSA) is 43.8 Å². The first-order valence-corrected chi connectivity index (χ1v) is 7.14. The van der Waals surface area contributed by atoms with Crippen molar-refractivity contribution >= 4 is 21.6 Å². The molecule has 100 valence electrons. The Morgan fingerprint density at radius 1 is 1.05 bits per heavy atom. The van der Waals surface area contributed by atoms with Crippen molar-refractivity contribution in [3.8, 4) is 11.3 Å². The predicted octanol–water partition coefficient (Wildman–Crippen LogP) is 3.94. The molecule has 1 aromatic heterocycles. The van der Waals surface area contributed by atoms with Crippen LogP contribution in [0.4, 0.5) is 5.69 Å². The molecule has 0 saturated carbocycles. The molecule has 0 saturated heterocycles. The van der Waals surface area contributed by atoms with Gasteiger partial charge in [-0.05, 0) is 17.7 Å². The molecule has 0 amide bonds. The molecule has 0 unspecified atom stereocenters. The zero-order chi connectivity index (χ0) is 13.9. The molecule has 0 atom stereocenters. The number of rotatable bonds is 3. The van der Waals surface area contributed by atoms with E-state index in [1.807, 2.05) is 53.3 Å². The molecule has 0 bridgehead atoms. The zero-order valence-corrected chi connectivity index (χ0v) is 12.4. The van der Waals surface area contributed by atoms with Crippen molar-refractivity contribution in [3.05, 3.63) is 70.8 Å². The Kier molecular flexibility index (Phi) is 3.56. The molecule has 0 spiro atoms. The maximum absolute atomic E-state index is 6.06. The van der Waals surface area contributed by atoms with E-state index in [0.717, 1.165) is 15.7 Å². The van der Waals surface area contributed by atoms with Crippen LogP contribution in [0, 0.1) is 0 Å². The summed E-state index contributed by atoms with van der Waals surface area (Å²) in [6.07, 6.45) is 1.88. The maximum Gasteiger partial charge on any atom is 0.115 e. The molecule has 0 aliphatic heterocycles. The van der Waals surface area contributed by atoms with Gasteiger partial charge >= 0.3 is 0 Å². The van der Waals surface area contributed by atoms with E-state index in [4.69, 9.17) is 5.73 Å². The van der Waals surface area contributed by atoms with E-state index in [2.05, 4.69) is 33.2 Å². The van der Waals surface area contributed by atoms with E-state index in [1.54, 1.807) is 0 Å². The van der Waals surface area contributed by atoms with E-state index < -0.39 is 0 Å². The first kappa shape index (κ1) is 12.9. The van der Waals surface area contributed by atoms with Crippen LogP contribution >= 0.6 is 15.9 Å². The Hall–Kier alpha value is -2.07. The number of aromatic nitrogens is 2. The molecular formula is C16H14BrN3. The molecule has 0 fully saturated rings. The van der Waals surface area contributed by atoms with Gasteiger partial charge in [-0.2, -0.15) is 5.10 Å². The Morgan fingerprint density at radius 2 is 1.85 bits per heavy atom. The molecular weight excluding hydrogens is 314 g/mol. The third-order valence-corrected chi connectivity index (χ3v) is 3.56. The van der Waals surface area contributed by atoms with Crippen molar-refractivity contribution < 1.29 is 0 Å². The Balaban J connectivity index is 1.90. The van der Waals surface area contributed by atoms with Gasteiger partial charge < -0.3 is 5.73 Å². The largest absolute Gasteiger partial charge is 0.396 e. The smallest absolute Gasteiger partial charge is 0.115 e. The summed E-state index contributed by atoms with van der Waals surface area (Å²) in [4.78, 5) is 0. The third-order valence-electron chi connectivity index (χ3n) is 3.07. The van der Waals surface area contributed by atoms with Gasteiger partial charge in [0.15, 0.2) is 0 Å². The van der Waals surface area contributed by atoms with Gasteiger partial charge in [0, 0.05) is 16.2 Å². The summed E-state index contributed by atoms with van der Waals surface area (Å²) < 4.78 is 2.94. The molecule has 0 aliphatic rings. The van der Waals surface area contributed by atoms with Crippen molar-refractivity contribution in [1.82, 2.24) is 9.78 Å². The van der Waals surface area contributed by atoms with Crippen molar-refractivity contribution in [3.63, 3.8) is 0 Å². The highest BCUT2D eigenvalue weighted by atomic mass is 79.9. The monoisotopic (exact) mass is 327 g/mol. The minimum atomic E-state index is 0.700. The fourth-order valence-corrected chi connectivity index (χ4v) is 2.61. The Morgan fingerprint density at radius 3 is 2.60 bits per heavy atom. The van der Waals surface area contributed by atoms with Gasteiger partial charge in [-0.15, -0.1) is 0 Å². The number of halogens is 1. The van der Waals surface area contributed by atoms with Gasteiger partial charge in [0.25, 0.3) is 0 Å². The van der Waals surface area contributed by atoms with Crippen molar-refractivity contribution in [2.24, 2.45) is 0 Å². The first-order valence-electron chi connectivity index (χ1n) is 6.35. The van der Waals surface area contributed by atoms with Crippen molar-refractivity contribution in [2.75, 3.05) is 5.73 Å². The number of benzene rings is 2. The SMILES string of the molecule is Nc1cn(Cc2cccc(Br)c2)nc1-c1ccccc1. The van der Waals surface area contributed by atoms with E-state index in [1.165, 1.54) is 5.56 Å². The van der Waals surface area contributed by atoms with Crippen LogP contribution in [0.25, 0.3) is 11.3 Å².